The summed E-state index contributed by atoms with van der Waals surface area (Å²) in [7, 11) is 0. The highest BCUT2D eigenvalue weighted by Gasteiger charge is 2.27. The summed E-state index contributed by atoms with van der Waals surface area (Å²) in [5.41, 5.74) is 5.78. The smallest absolute Gasteiger partial charge is 0.410 e. The van der Waals surface area contributed by atoms with Crippen LogP contribution < -0.4 is 5.73 Å². The van der Waals surface area contributed by atoms with Crippen LogP contribution in [0.15, 0.2) is 4.99 Å². The van der Waals surface area contributed by atoms with Crippen LogP contribution in [0.5, 0.6) is 0 Å². The molecule has 1 unspecified atom stereocenters. The number of amides is 1. The van der Waals surface area contributed by atoms with Crippen LogP contribution in [0.2, 0.25) is 0 Å². The zero-order chi connectivity index (χ0) is 19.3. The molecule has 2 heterocycles. The van der Waals surface area contributed by atoms with Gasteiger partial charge in [-0.05, 0) is 52.6 Å². The number of aliphatic imine (C=N–C) groups is 1. The van der Waals surface area contributed by atoms with E-state index in [-0.39, 0.29) is 30.1 Å². The number of ether oxygens (including phenoxy) is 1. The third-order valence-corrected chi connectivity index (χ3v) is 5.07. The van der Waals surface area contributed by atoms with Crippen molar-refractivity contribution in [3.63, 3.8) is 0 Å². The molecule has 2 rings (SSSR count). The molecule has 0 spiro atoms. The van der Waals surface area contributed by atoms with Crippen LogP contribution in [0.25, 0.3) is 0 Å². The van der Waals surface area contributed by atoms with E-state index in [0.717, 1.165) is 6.54 Å². The van der Waals surface area contributed by atoms with Crippen LogP contribution in [0.4, 0.5) is 4.79 Å². The van der Waals surface area contributed by atoms with Gasteiger partial charge in [0.1, 0.15) is 5.60 Å². The summed E-state index contributed by atoms with van der Waals surface area (Å²) in [6.07, 6.45) is 2.32. The van der Waals surface area contributed by atoms with E-state index < -0.39 is 5.60 Å². The Balaban J connectivity index is 0.00000364. The lowest BCUT2D eigenvalue weighted by atomic mass is 10.0. The van der Waals surface area contributed by atoms with E-state index in [9.17, 15) is 4.79 Å². The second-order valence-electron chi connectivity index (χ2n) is 8.71. The first kappa shape index (κ1) is 24.3. The number of hydrogen-bond donors (Lipinski definition) is 1. The van der Waals surface area contributed by atoms with Gasteiger partial charge in [-0.25, -0.2) is 4.79 Å². The van der Waals surface area contributed by atoms with Crippen LogP contribution in [0.3, 0.4) is 0 Å². The van der Waals surface area contributed by atoms with E-state index in [2.05, 4.69) is 28.6 Å². The molecular formula is C19H38IN5O2. The second kappa shape index (κ2) is 10.7. The molecule has 158 valence electrons. The Labute approximate surface area is 181 Å². The van der Waals surface area contributed by atoms with Gasteiger partial charge in [0.15, 0.2) is 5.96 Å². The SMILES string of the molecule is CC(C)C(CN=C(N)N1CCN(C(=O)OC(C)(C)C)CC1)N1CCCC1.I. The first-order chi connectivity index (χ1) is 12.2. The minimum Gasteiger partial charge on any atom is -0.444 e. The van der Waals surface area contributed by atoms with E-state index in [4.69, 9.17) is 10.5 Å². The van der Waals surface area contributed by atoms with E-state index in [0.29, 0.717) is 44.1 Å². The maximum atomic E-state index is 12.1. The molecule has 0 saturated carbocycles. The number of guanidine groups is 1. The molecule has 8 heteroatoms. The van der Waals surface area contributed by atoms with Crippen molar-refractivity contribution < 1.29 is 9.53 Å². The quantitative estimate of drug-likeness (QED) is 0.369. The molecular weight excluding hydrogens is 457 g/mol. The zero-order valence-electron chi connectivity index (χ0n) is 17.6. The minimum atomic E-state index is -0.462. The molecule has 0 radical (unpaired) electrons. The molecule has 0 aliphatic carbocycles. The predicted molar refractivity (Wildman–Crippen MR) is 121 cm³/mol. The lowest BCUT2D eigenvalue weighted by Crippen LogP contribution is -2.53. The molecule has 0 bridgehead atoms. The van der Waals surface area contributed by atoms with Crippen molar-refractivity contribution in [1.82, 2.24) is 14.7 Å². The fraction of sp³-hybridized carbons (Fsp3) is 0.895. The number of piperazine rings is 1. The van der Waals surface area contributed by atoms with Gasteiger partial charge in [-0.2, -0.15) is 0 Å². The van der Waals surface area contributed by atoms with Crippen LogP contribution in [-0.2, 0) is 4.74 Å². The summed E-state index contributed by atoms with van der Waals surface area (Å²) < 4.78 is 5.44. The van der Waals surface area contributed by atoms with Crippen LogP contribution in [-0.4, -0.2) is 84.2 Å². The maximum absolute atomic E-state index is 12.1. The number of rotatable bonds is 4. The van der Waals surface area contributed by atoms with Crippen molar-refractivity contribution in [3.05, 3.63) is 0 Å². The van der Waals surface area contributed by atoms with Gasteiger partial charge in [0.05, 0.1) is 6.54 Å². The molecule has 0 aromatic carbocycles. The van der Waals surface area contributed by atoms with Gasteiger partial charge >= 0.3 is 6.09 Å². The lowest BCUT2D eigenvalue weighted by molar-refractivity contribution is 0.0186. The number of likely N-dealkylation sites (tertiary alicyclic amines) is 1. The molecule has 2 fully saturated rings. The Morgan fingerprint density at radius 2 is 1.56 bits per heavy atom. The molecule has 2 aliphatic rings. The average molecular weight is 495 g/mol. The minimum absolute atomic E-state index is 0. The number of carbonyl (C=O) groups is 1. The van der Waals surface area contributed by atoms with Gasteiger partial charge in [-0.3, -0.25) is 9.89 Å². The van der Waals surface area contributed by atoms with E-state index in [1.54, 1.807) is 4.90 Å². The molecule has 27 heavy (non-hydrogen) atoms. The second-order valence-corrected chi connectivity index (χ2v) is 8.71. The Kier molecular flexibility index (Phi) is 9.61. The summed E-state index contributed by atoms with van der Waals surface area (Å²) in [4.78, 5) is 23.2. The van der Waals surface area contributed by atoms with E-state index >= 15 is 0 Å². The highest BCUT2D eigenvalue weighted by atomic mass is 127. The topological polar surface area (TPSA) is 74.4 Å². The molecule has 1 amide bonds. The number of halogens is 1. The monoisotopic (exact) mass is 495 g/mol. The van der Waals surface area contributed by atoms with Crippen molar-refractivity contribution in [2.24, 2.45) is 16.6 Å². The normalized spacial score (nSPS) is 20.6. The van der Waals surface area contributed by atoms with Gasteiger partial charge in [-0.15, -0.1) is 24.0 Å². The molecule has 2 N–H and O–H groups in total. The molecule has 7 nitrogen and oxygen atoms in total. The van der Waals surface area contributed by atoms with Crippen molar-refractivity contribution >= 4 is 36.0 Å². The first-order valence-electron chi connectivity index (χ1n) is 9.94. The van der Waals surface area contributed by atoms with Gasteiger partial charge in [0.25, 0.3) is 0 Å². The third kappa shape index (κ3) is 7.63. The van der Waals surface area contributed by atoms with E-state index in [1.807, 2.05) is 20.8 Å². The summed E-state index contributed by atoms with van der Waals surface area (Å²) in [6.45, 7) is 15.9. The van der Waals surface area contributed by atoms with Crippen molar-refractivity contribution in [2.75, 3.05) is 45.8 Å². The standard InChI is InChI=1S/C19H37N5O2.HI/c1-15(2)16(22-8-6-7-9-22)14-21-17(20)23-10-12-24(13-11-23)18(25)26-19(3,4)5;/h15-16H,6-14H2,1-5H3,(H2,20,21);1H. The van der Waals surface area contributed by atoms with Crippen LogP contribution >= 0.6 is 24.0 Å². The van der Waals surface area contributed by atoms with Crippen molar-refractivity contribution in [2.45, 2.75) is 59.1 Å². The molecule has 2 saturated heterocycles. The number of hydrogen-bond acceptors (Lipinski definition) is 4. The fourth-order valence-electron chi connectivity index (χ4n) is 3.55. The zero-order valence-corrected chi connectivity index (χ0v) is 19.9. The highest BCUT2D eigenvalue weighted by molar-refractivity contribution is 14.0. The third-order valence-electron chi connectivity index (χ3n) is 5.07. The maximum Gasteiger partial charge on any atom is 0.410 e. The Bertz CT molecular complexity index is 493. The Morgan fingerprint density at radius 1 is 1.04 bits per heavy atom. The van der Waals surface area contributed by atoms with Crippen molar-refractivity contribution in [1.29, 1.82) is 0 Å². The first-order valence-corrected chi connectivity index (χ1v) is 9.94. The number of nitrogens with two attached hydrogens (primary N) is 1. The Hall–Kier alpha value is -0.770. The molecule has 2 aliphatic heterocycles. The number of nitrogens with zero attached hydrogens (tertiary/aromatic N) is 4. The van der Waals surface area contributed by atoms with Gasteiger partial charge in [0, 0.05) is 32.2 Å². The van der Waals surface area contributed by atoms with Gasteiger partial charge < -0.3 is 20.3 Å². The summed E-state index contributed by atoms with van der Waals surface area (Å²) in [6, 6.07) is 0.458. The Morgan fingerprint density at radius 3 is 2.04 bits per heavy atom. The molecule has 0 aromatic rings. The van der Waals surface area contributed by atoms with Crippen LogP contribution in [0, 0.1) is 5.92 Å². The number of carbonyl (C=O) groups excluding carboxylic acids is 1. The van der Waals surface area contributed by atoms with Crippen LogP contribution in [0.1, 0.15) is 47.5 Å². The highest BCUT2D eigenvalue weighted by Crippen LogP contribution is 2.18. The molecule has 1 atom stereocenters. The summed E-state index contributed by atoms with van der Waals surface area (Å²) in [5, 5.41) is 0. The average Bonchev–Trinajstić information content (AvgIpc) is 3.07. The van der Waals surface area contributed by atoms with Gasteiger partial charge in [0.2, 0.25) is 0 Å². The van der Waals surface area contributed by atoms with E-state index in [1.165, 1.54) is 25.9 Å². The predicted octanol–water partition coefficient (Wildman–Crippen LogP) is 2.59. The molecule has 0 aromatic heterocycles. The van der Waals surface area contributed by atoms with Gasteiger partial charge in [-0.1, -0.05) is 13.8 Å². The largest absolute Gasteiger partial charge is 0.444 e. The fourth-order valence-corrected chi connectivity index (χ4v) is 3.55. The van der Waals surface area contributed by atoms with Crippen molar-refractivity contribution in [3.8, 4) is 0 Å². The lowest BCUT2D eigenvalue weighted by Gasteiger charge is -2.36. The summed E-state index contributed by atoms with van der Waals surface area (Å²) in [5.74, 6) is 1.16. The summed E-state index contributed by atoms with van der Waals surface area (Å²) >= 11 is 0.